The van der Waals surface area contributed by atoms with Crippen molar-refractivity contribution < 1.29 is 19.4 Å². The Kier molecular flexibility index (Phi) is 4.44. The van der Waals surface area contributed by atoms with Crippen molar-refractivity contribution >= 4 is 11.9 Å². The zero-order chi connectivity index (χ0) is 14.7. The van der Waals surface area contributed by atoms with E-state index < -0.39 is 11.9 Å². The van der Waals surface area contributed by atoms with Crippen LogP contribution >= 0.6 is 0 Å². The van der Waals surface area contributed by atoms with Gasteiger partial charge < -0.3 is 19.3 Å². The number of rotatable bonds is 5. The quantitative estimate of drug-likeness (QED) is 0.871. The van der Waals surface area contributed by atoms with Crippen LogP contribution < -0.4 is 0 Å². The number of amides is 1. The number of aromatic nitrogens is 1. The number of hydrogen-bond donors (Lipinski definition) is 1. The van der Waals surface area contributed by atoms with Crippen molar-refractivity contribution in [2.45, 2.75) is 13.5 Å². The van der Waals surface area contributed by atoms with E-state index in [1.807, 2.05) is 23.8 Å². The van der Waals surface area contributed by atoms with Gasteiger partial charge in [-0.1, -0.05) is 6.92 Å². The van der Waals surface area contributed by atoms with Crippen LogP contribution in [0.5, 0.6) is 0 Å². The van der Waals surface area contributed by atoms with Crippen LogP contribution in [-0.2, 0) is 16.1 Å². The standard InChI is InChI=1S/C14H20N2O4/c1-10-8-16(9-11(10)14(18)19)13(17)12-4-3-5-15(12)6-7-20-2/h3-5,10-11H,6-9H2,1-2H3,(H,18,19)/t10-,11-/m1/s1. The topological polar surface area (TPSA) is 71.8 Å². The van der Waals surface area contributed by atoms with Crippen molar-refractivity contribution in [3.63, 3.8) is 0 Å². The Morgan fingerprint density at radius 2 is 2.20 bits per heavy atom. The summed E-state index contributed by atoms with van der Waals surface area (Å²) in [5, 5.41) is 9.12. The lowest BCUT2D eigenvalue weighted by Gasteiger charge is -2.17. The molecule has 0 radical (unpaired) electrons. The van der Waals surface area contributed by atoms with E-state index in [1.54, 1.807) is 18.1 Å². The number of likely N-dealkylation sites (tertiary alicyclic amines) is 1. The van der Waals surface area contributed by atoms with Crippen molar-refractivity contribution in [1.29, 1.82) is 0 Å². The summed E-state index contributed by atoms with van der Waals surface area (Å²) in [5.74, 6) is -1.43. The molecule has 0 aliphatic carbocycles. The highest BCUT2D eigenvalue weighted by molar-refractivity contribution is 5.93. The molecule has 2 heterocycles. The van der Waals surface area contributed by atoms with Crippen LogP contribution in [0.3, 0.4) is 0 Å². The lowest BCUT2D eigenvalue weighted by Crippen LogP contribution is -2.31. The molecule has 110 valence electrons. The molecule has 1 saturated heterocycles. The Morgan fingerprint density at radius 1 is 1.45 bits per heavy atom. The molecule has 6 heteroatoms. The normalized spacial score (nSPS) is 22.2. The third-order valence-electron chi connectivity index (χ3n) is 3.80. The van der Waals surface area contributed by atoms with Crippen molar-refractivity contribution in [2.75, 3.05) is 26.8 Å². The van der Waals surface area contributed by atoms with Gasteiger partial charge in [0.1, 0.15) is 5.69 Å². The minimum atomic E-state index is -0.831. The lowest BCUT2D eigenvalue weighted by atomic mass is 9.99. The van der Waals surface area contributed by atoms with E-state index in [4.69, 9.17) is 9.84 Å². The highest BCUT2D eigenvalue weighted by Crippen LogP contribution is 2.24. The van der Waals surface area contributed by atoms with E-state index in [1.165, 1.54) is 0 Å². The molecular weight excluding hydrogens is 260 g/mol. The fraction of sp³-hybridized carbons (Fsp3) is 0.571. The molecule has 2 rings (SSSR count). The van der Waals surface area contributed by atoms with Gasteiger partial charge in [-0.15, -0.1) is 0 Å². The maximum atomic E-state index is 12.5. The summed E-state index contributed by atoms with van der Waals surface area (Å²) in [6.45, 7) is 3.78. The summed E-state index contributed by atoms with van der Waals surface area (Å²) in [7, 11) is 1.62. The molecule has 6 nitrogen and oxygen atoms in total. The average Bonchev–Trinajstić information content (AvgIpc) is 3.01. The van der Waals surface area contributed by atoms with Crippen LogP contribution in [0.1, 0.15) is 17.4 Å². The first-order valence-electron chi connectivity index (χ1n) is 6.70. The van der Waals surface area contributed by atoms with E-state index >= 15 is 0 Å². The Morgan fingerprint density at radius 3 is 2.80 bits per heavy atom. The van der Waals surface area contributed by atoms with Crippen LogP contribution in [-0.4, -0.2) is 53.3 Å². The Labute approximate surface area is 117 Å². The number of carboxylic acid groups (broad SMARTS) is 1. The van der Waals surface area contributed by atoms with E-state index in [9.17, 15) is 9.59 Å². The summed E-state index contributed by atoms with van der Waals surface area (Å²) in [6.07, 6.45) is 1.83. The third-order valence-corrected chi connectivity index (χ3v) is 3.80. The van der Waals surface area contributed by atoms with E-state index in [0.29, 0.717) is 25.4 Å². The second kappa shape index (κ2) is 6.09. The van der Waals surface area contributed by atoms with Gasteiger partial charge in [-0.05, 0) is 18.1 Å². The zero-order valence-corrected chi connectivity index (χ0v) is 11.8. The average molecular weight is 280 g/mol. The monoisotopic (exact) mass is 280 g/mol. The molecule has 1 aromatic rings. The number of methoxy groups -OCH3 is 1. The minimum Gasteiger partial charge on any atom is -0.481 e. The lowest BCUT2D eigenvalue weighted by molar-refractivity contribution is -0.142. The minimum absolute atomic E-state index is 0.0150. The molecule has 0 bridgehead atoms. The molecule has 0 spiro atoms. The number of hydrogen-bond acceptors (Lipinski definition) is 3. The maximum Gasteiger partial charge on any atom is 0.308 e. The third kappa shape index (κ3) is 2.85. The largest absolute Gasteiger partial charge is 0.481 e. The Hall–Kier alpha value is -1.82. The predicted octanol–water partition coefficient (Wildman–Crippen LogP) is 0.927. The molecule has 1 aliphatic heterocycles. The van der Waals surface area contributed by atoms with Gasteiger partial charge in [0.05, 0.1) is 12.5 Å². The summed E-state index contributed by atoms with van der Waals surface area (Å²) in [4.78, 5) is 25.2. The smallest absolute Gasteiger partial charge is 0.308 e. The highest BCUT2D eigenvalue weighted by Gasteiger charge is 2.37. The SMILES string of the molecule is COCCn1cccc1C(=O)N1C[C@@H](C)[C@H](C(=O)O)C1. The second-order valence-corrected chi connectivity index (χ2v) is 5.21. The van der Waals surface area contributed by atoms with Gasteiger partial charge in [0.15, 0.2) is 0 Å². The van der Waals surface area contributed by atoms with Crippen LogP contribution in [0.2, 0.25) is 0 Å². The molecule has 1 aromatic heterocycles. The van der Waals surface area contributed by atoms with E-state index in [-0.39, 0.29) is 18.4 Å². The van der Waals surface area contributed by atoms with Gasteiger partial charge in [-0.25, -0.2) is 0 Å². The molecule has 0 saturated carbocycles. The number of aliphatic carboxylic acids is 1. The number of nitrogens with zero attached hydrogens (tertiary/aromatic N) is 2. The fourth-order valence-corrected chi connectivity index (χ4v) is 2.61. The van der Waals surface area contributed by atoms with Gasteiger partial charge in [-0.2, -0.15) is 0 Å². The summed E-state index contributed by atoms with van der Waals surface area (Å²) in [6, 6.07) is 3.58. The van der Waals surface area contributed by atoms with Gasteiger partial charge in [0.25, 0.3) is 5.91 Å². The molecule has 1 amide bonds. The number of carbonyl (C=O) groups excluding carboxylic acids is 1. The first-order chi connectivity index (χ1) is 9.54. The number of carbonyl (C=O) groups is 2. The first-order valence-corrected chi connectivity index (χ1v) is 6.70. The number of ether oxygens (including phenoxy) is 1. The fourth-order valence-electron chi connectivity index (χ4n) is 2.61. The zero-order valence-electron chi connectivity index (χ0n) is 11.8. The van der Waals surface area contributed by atoms with E-state index in [0.717, 1.165) is 0 Å². The van der Waals surface area contributed by atoms with Crippen LogP contribution in [0, 0.1) is 11.8 Å². The van der Waals surface area contributed by atoms with Crippen LogP contribution in [0.4, 0.5) is 0 Å². The van der Waals surface area contributed by atoms with Gasteiger partial charge in [0, 0.05) is 32.9 Å². The highest BCUT2D eigenvalue weighted by atomic mass is 16.5. The summed E-state index contributed by atoms with van der Waals surface area (Å²) >= 11 is 0. The maximum absolute atomic E-state index is 12.5. The molecule has 1 N–H and O–H groups in total. The van der Waals surface area contributed by atoms with E-state index in [2.05, 4.69) is 0 Å². The Balaban J connectivity index is 2.09. The summed E-state index contributed by atoms with van der Waals surface area (Å²) in [5.41, 5.74) is 0.584. The number of carboxylic acids is 1. The van der Waals surface area contributed by atoms with Crippen molar-refractivity contribution in [2.24, 2.45) is 11.8 Å². The Bertz CT molecular complexity index is 497. The molecular formula is C14H20N2O4. The van der Waals surface area contributed by atoms with Gasteiger partial charge in [-0.3, -0.25) is 9.59 Å². The van der Waals surface area contributed by atoms with Crippen LogP contribution in [0.15, 0.2) is 18.3 Å². The predicted molar refractivity (Wildman–Crippen MR) is 72.5 cm³/mol. The van der Waals surface area contributed by atoms with Crippen molar-refractivity contribution in [3.05, 3.63) is 24.0 Å². The molecule has 1 fully saturated rings. The molecule has 1 aliphatic rings. The summed E-state index contributed by atoms with van der Waals surface area (Å²) < 4.78 is 6.86. The van der Waals surface area contributed by atoms with Gasteiger partial charge in [0.2, 0.25) is 0 Å². The second-order valence-electron chi connectivity index (χ2n) is 5.21. The van der Waals surface area contributed by atoms with Crippen molar-refractivity contribution in [1.82, 2.24) is 9.47 Å². The molecule has 0 aromatic carbocycles. The molecule has 2 atom stereocenters. The van der Waals surface area contributed by atoms with Crippen LogP contribution in [0.25, 0.3) is 0 Å². The van der Waals surface area contributed by atoms with Gasteiger partial charge >= 0.3 is 5.97 Å². The molecule has 0 unspecified atom stereocenters. The van der Waals surface area contributed by atoms with Crippen molar-refractivity contribution in [3.8, 4) is 0 Å². The first kappa shape index (κ1) is 14.6. The molecule has 20 heavy (non-hydrogen) atoms.